The van der Waals surface area contributed by atoms with Gasteiger partial charge in [-0.25, -0.2) is 0 Å². The van der Waals surface area contributed by atoms with Gasteiger partial charge in [-0.2, -0.15) is 0 Å². The summed E-state index contributed by atoms with van der Waals surface area (Å²) >= 11 is 13.7. The molecule has 0 fully saturated rings. The lowest BCUT2D eigenvalue weighted by atomic mass is 9.77. The molecule has 0 aliphatic heterocycles. The number of aromatic nitrogens is 6. The number of benzene rings is 5. The Labute approximate surface area is 325 Å². The standard InChI is InChI=1S/C46H38Cl2N6/c1-3-39-43(47)42(44(48)40(4-2)50-39)41-29-32(30-49-41)27-31-25-26-37(33-17-9-5-10-18-33)38(28-31)45-51-53-54(52-45)46(34-19-11-6-12-20-34,35-21-13-7-14-22-35)36-23-15-8-16-24-36/h5-26,28-30,49H,3-4,27H2,1-2H3. The Balaban J connectivity index is 1.25. The Morgan fingerprint density at radius 3 is 1.69 bits per heavy atom. The minimum atomic E-state index is -0.883. The molecule has 1 N–H and O–H groups in total. The zero-order chi connectivity index (χ0) is 37.1. The van der Waals surface area contributed by atoms with E-state index in [1.54, 1.807) is 4.80 Å². The van der Waals surface area contributed by atoms with Crippen LogP contribution in [0.1, 0.15) is 53.1 Å². The van der Waals surface area contributed by atoms with Crippen molar-refractivity contribution in [2.45, 2.75) is 38.6 Å². The van der Waals surface area contributed by atoms with E-state index in [0.717, 1.165) is 80.0 Å². The van der Waals surface area contributed by atoms with Crippen LogP contribution in [-0.2, 0) is 24.8 Å². The van der Waals surface area contributed by atoms with Gasteiger partial charge in [-0.05, 0) is 75.6 Å². The largest absolute Gasteiger partial charge is 0.361 e. The van der Waals surface area contributed by atoms with Gasteiger partial charge in [0, 0.05) is 23.0 Å². The molecule has 0 unspecified atom stereocenters. The molecule has 0 spiro atoms. The van der Waals surface area contributed by atoms with Crippen molar-refractivity contribution < 1.29 is 0 Å². The lowest BCUT2D eigenvalue weighted by Crippen LogP contribution is -2.39. The summed E-state index contributed by atoms with van der Waals surface area (Å²) in [7, 11) is 0. The molecule has 0 aliphatic rings. The molecule has 0 aliphatic carbocycles. The highest BCUT2D eigenvalue weighted by Gasteiger charge is 2.41. The van der Waals surface area contributed by atoms with E-state index in [2.05, 4.69) is 128 Å². The fraction of sp³-hybridized carbons (Fsp3) is 0.130. The highest BCUT2D eigenvalue weighted by atomic mass is 35.5. The van der Waals surface area contributed by atoms with Gasteiger partial charge in [0.2, 0.25) is 5.82 Å². The molecule has 3 heterocycles. The topological polar surface area (TPSA) is 72.3 Å². The van der Waals surface area contributed by atoms with Gasteiger partial charge < -0.3 is 4.98 Å². The first kappa shape index (κ1) is 35.2. The van der Waals surface area contributed by atoms with E-state index in [1.807, 2.05) is 42.6 Å². The van der Waals surface area contributed by atoms with Crippen LogP contribution in [0.25, 0.3) is 33.8 Å². The average Bonchev–Trinajstić information content (AvgIpc) is 3.91. The predicted molar refractivity (Wildman–Crippen MR) is 219 cm³/mol. The molecule has 8 rings (SSSR count). The molecule has 8 heteroatoms. The molecule has 266 valence electrons. The highest BCUT2D eigenvalue weighted by Crippen LogP contribution is 2.41. The van der Waals surface area contributed by atoms with Crippen LogP contribution < -0.4 is 0 Å². The molecule has 0 bridgehead atoms. The van der Waals surface area contributed by atoms with E-state index in [4.69, 9.17) is 43.6 Å². The third kappa shape index (κ3) is 6.42. The summed E-state index contributed by atoms with van der Waals surface area (Å²) in [6, 6.07) is 50.2. The molecule has 5 aromatic carbocycles. The van der Waals surface area contributed by atoms with E-state index < -0.39 is 5.54 Å². The molecule has 0 atom stereocenters. The van der Waals surface area contributed by atoms with Crippen LogP contribution in [0.4, 0.5) is 0 Å². The van der Waals surface area contributed by atoms with Crippen molar-refractivity contribution in [2.24, 2.45) is 0 Å². The Bertz CT molecular complexity index is 2390. The maximum Gasteiger partial charge on any atom is 0.205 e. The molecular formula is C46H38Cl2N6. The van der Waals surface area contributed by atoms with Crippen molar-refractivity contribution in [1.29, 1.82) is 0 Å². The molecule has 0 saturated carbocycles. The Kier molecular flexibility index (Phi) is 9.96. The van der Waals surface area contributed by atoms with Crippen molar-refractivity contribution in [2.75, 3.05) is 0 Å². The predicted octanol–water partition coefficient (Wildman–Crippen LogP) is 11.3. The average molecular weight is 746 g/mol. The summed E-state index contributed by atoms with van der Waals surface area (Å²) in [6.45, 7) is 4.11. The number of nitrogens with zero attached hydrogens (tertiary/aromatic N) is 5. The summed E-state index contributed by atoms with van der Waals surface area (Å²) in [4.78, 5) is 9.93. The summed E-state index contributed by atoms with van der Waals surface area (Å²) in [5.41, 5.74) is 10.7. The summed E-state index contributed by atoms with van der Waals surface area (Å²) < 4.78 is 0. The molecule has 3 aromatic heterocycles. The summed E-state index contributed by atoms with van der Waals surface area (Å²) in [5.74, 6) is 0.534. The zero-order valence-corrected chi connectivity index (χ0v) is 31.6. The Morgan fingerprint density at radius 2 is 1.15 bits per heavy atom. The maximum atomic E-state index is 6.87. The van der Waals surface area contributed by atoms with Gasteiger partial charge in [-0.15, -0.1) is 15.0 Å². The molecule has 0 amide bonds. The number of hydrogen-bond acceptors (Lipinski definition) is 4. The van der Waals surface area contributed by atoms with Crippen molar-refractivity contribution in [3.63, 3.8) is 0 Å². The van der Waals surface area contributed by atoms with E-state index in [9.17, 15) is 0 Å². The van der Waals surface area contributed by atoms with Crippen molar-refractivity contribution in [3.05, 3.63) is 201 Å². The van der Waals surface area contributed by atoms with Gasteiger partial charge in [-0.1, -0.05) is 171 Å². The van der Waals surface area contributed by atoms with E-state index >= 15 is 0 Å². The fourth-order valence-electron chi connectivity index (χ4n) is 7.38. The Hall–Kier alpha value is -5.82. The molecule has 8 aromatic rings. The van der Waals surface area contributed by atoms with E-state index in [1.165, 1.54) is 0 Å². The van der Waals surface area contributed by atoms with Crippen molar-refractivity contribution in [3.8, 4) is 33.8 Å². The molecule has 54 heavy (non-hydrogen) atoms. The number of H-pyrrole nitrogens is 1. The smallest absolute Gasteiger partial charge is 0.205 e. The number of hydrogen-bond donors (Lipinski definition) is 1. The number of rotatable bonds is 11. The lowest BCUT2D eigenvalue weighted by Gasteiger charge is -2.34. The van der Waals surface area contributed by atoms with Crippen LogP contribution in [-0.4, -0.2) is 30.2 Å². The second-order valence-electron chi connectivity index (χ2n) is 13.3. The highest BCUT2D eigenvalue weighted by molar-refractivity contribution is 6.39. The molecule has 0 saturated heterocycles. The van der Waals surface area contributed by atoms with Gasteiger partial charge in [0.05, 0.1) is 21.4 Å². The van der Waals surface area contributed by atoms with Gasteiger partial charge in [-0.3, -0.25) is 4.98 Å². The zero-order valence-electron chi connectivity index (χ0n) is 30.0. The number of tetrazole rings is 1. The van der Waals surface area contributed by atoms with Crippen molar-refractivity contribution in [1.82, 2.24) is 30.2 Å². The van der Waals surface area contributed by atoms with Crippen LogP contribution in [0.5, 0.6) is 0 Å². The first-order chi connectivity index (χ1) is 26.5. The number of aryl methyl sites for hydroxylation is 2. The van der Waals surface area contributed by atoms with E-state index in [-0.39, 0.29) is 0 Å². The third-order valence-electron chi connectivity index (χ3n) is 10.0. The first-order valence-electron chi connectivity index (χ1n) is 18.2. The van der Waals surface area contributed by atoms with Crippen molar-refractivity contribution >= 4 is 23.2 Å². The summed E-state index contributed by atoms with van der Waals surface area (Å²) in [6.07, 6.45) is 4.13. The molecule has 6 nitrogen and oxygen atoms in total. The Morgan fingerprint density at radius 1 is 0.611 bits per heavy atom. The summed E-state index contributed by atoms with van der Waals surface area (Å²) in [5, 5.41) is 16.1. The number of halogens is 2. The monoisotopic (exact) mass is 744 g/mol. The normalized spacial score (nSPS) is 11.6. The first-order valence-corrected chi connectivity index (χ1v) is 19.0. The maximum absolute atomic E-state index is 6.87. The lowest BCUT2D eigenvalue weighted by molar-refractivity contribution is 0.396. The van der Waals surface area contributed by atoms with Crippen LogP contribution in [0.2, 0.25) is 10.0 Å². The van der Waals surface area contributed by atoms with E-state index in [0.29, 0.717) is 22.3 Å². The van der Waals surface area contributed by atoms with Crippen LogP contribution in [0.15, 0.2) is 152 Å². The third-order valence-corrected chi connectivity index (χ3v) is 10.8. The quantitative estimate of drug-likeness (QED) is 0.134. The molecular weight excluding hydrogens is 707 g/mol. The minimum absolute atomic E-state index is 0.534. The van der Waals surface area contributed by atoms with Gasteiger partial charge in [0.15, 0.2) is 5.54 Å². The molecule has 0 radical (unpaired) electrons. The second kappa shape index (κ2) is 15.3. The SMILES string of the molecule is CCc1nc(CC)c(Cl)c(-c2cc(Cc3ccc(-c4ccccc4)c(-c4nnn(C(c5ccccc5)(c5ccccc5)c5ccccc5)n4)c3)c[nH]2)c1Cl. The number of aromatic amines is 1. The fourth-order valence-corrected chi connectivity index (χ4v) is 8.17. The van der Waals surface area contributed by atoms with Gasteiger partial charge in [0.1, 0.15) is 0 Å². The second-order valence-corrected chi connectivity index (χ2v) is 14.0. The van der Waals surface area contributed by atoms with Crippen LogP contribution >= 0.6 is 23.2 Å². The van der Waals surface area contributed by atoms with Gasteiger partial charge in [0.25, 0.3) is 0 Å². The van der Waals surface area contributed by atoms with Gasteiger partial charge >= 0.3 is 0 Å². The number of pyridine rings is 1. The van der Waals surface area contributed by atoms with Crippen LogP contribution in [0.3, 0.4) is 0 Å². The minimum Gasteiger partial charge on any atom is -0.361 e. The number of nitrogens with one attached hydrogen (secondary N) is 1. The van der Waals surface area contributed by atoms with Crippen LogP contribution in [0, 0.1) is 0 Å².